The van der Waals surface area contributed by atoms with Crippen molar-refractivity contribution in [3.05, 3.63) is 41.6 Å². The smallest absolute Gasteiger partial charge is 0.255 e. The molecule has 4 heterocycles. The van der Waals surface area contributed by atoms with Gasteiger partial charge in [0, 0.05) is 36.5 Å². The first-order valence-corrected chi connectivity index (χ1v) is 9.95. The molecule has 2 aromatic heterocycles. The minimum Gasteiger partial charge on any atom is -0.508 e. The third kappa shape index (κ3) is 3.00. The highest BCUT2D eigenvalue weighted by atomic mass is 16.5. The van der Waals surface area contributed by atoms with Crippen molar-refractivity contribution in [2.24, 2.45) is 5.41 Å². The van der Waals surface area contributed by atoms with Crippen LogP contribution in [0.15, 0.2) is 34.9 Å². The number of benzene rings is 1. The normalized spacial score (nSPS) is 18.0. The largest absolute Gasteiger partial charge is 0.508 e. The summed E-state index contributed by atoms with van der Waals surface area (Å²) in [5.41, 5.74) is 2.16. The number of aromatic hydroxyl groups is 2. The highest BCUT2D eigenvalue weighted by Crippen LogP contribution is 2.42. The van der Waals surface area contributed by atoms with Crippen molar-refractivity contribution in [3.63, 3.8) is 0 Å². The number of furan rings is 1. The highest BCUT2D eigenvalue weighted by Gasteiger charge is 2.44. The summed E-state index contributed by atoms with van der Waals surface area (Å²) in [4.78, 5) is 19.3. The average Bonchev–Trinajstić information content (AvgIpc) is 3.32. The van der Waals surface area contributed by atoms with Crippen LogP contribution in [0.4, 0.5) is 0 Å². The van der Waals surface area contributed by atoms with E-state index < -0.39 is 0 Å². The molecular formula is C22H23N3O5. The number of likely N-dealkylation sites (tertiary alicyclic amines) is 1. The lowest BCUT2D eigenvalue weighted by atomic mass is 9.85. The zero-order chi connectivity index (χ0) is 20.9. The van der Waals surface area contributed by atoms with Gasteiger partial charge in [-0.3, -0.25) is 9.69 Å². The van der Waals surface area contributed by atoms with Crippen LogP contribution in [0.2, 0.25) is 0 Å². The second kappa shape index (κ2) is 7.00. The monoisotopic (exact) mass is 409 g/mol. The Morgan fingerprint density at radius 3 is 2.73 bits per heavy atom. The molecule has 1 amide bonds. The third-order valence-electron chi connectivity index (χ3n) is 6.09. The molecule has 3 N–H and O–H groups in total. The lowest BCUT2D eigenvalue weighted by molar-refractivity contribution is -0.105. The van der Waals surface area contributed by atoms with E-state index in [1.165, 1.54) is 12.3 Å². The van der Waals surface area contributed by atoms with Crippen LogP contribution in [0.1, 0.15) is 22.3 Å². The average molecular weight is 409 g/mol. The molecule has 0 bridgehead atoms. The summed E-state index contributed by atoms with van der Waals surface area (Å²) < 4.78 is 11.4. The van der Waals surface area contributed by atoms with Crippen LogP contribution in [0.25, 0.3) is 22.4 Å². The topological polar surface area (TPSA) is 108 Å². The number of phenolic OH excluding ortho intramolecular Hbond substituents is 1. The standard InChI is InChI=1S/C22H23N3O5/c1-23-21(28)19-18-14(9-25-7-6-22(10-25)11-29-12-22)16(27)4-5-17(18)30-20(19)15-3-2-13(26)8-24-15/h2-5,8,26-27H,6-7,9-12H2,1H3,(H,23,28). The molecule has 0 aliphatic carbocycles. The van der Waals surface area contributed by atoms with E-state index in [1.54, 1.807) is 25.2 Å². The van der Waals surface area contributed by atoms with Gasteiger partial charge in [-0.05, 0) is 37.2 Å². The fourth-order valence-electron chi connectivity index (χ4n) is 4.46. The van der Waals surface area contributed by atoms with Crippen molar-refractivity contribution in [3.8, 4) is 23.0 Å². The van der Waals surface area contributed by atoms with E-state index in [1.807, 2.05) is 0 Å². The van der Waals surface area contributed by atoms with Gasteiger partial charge in [-0.25, -0.2) is 4.98 Å². The first-order valence-electron chi connectivity index (χ1n) is 9.95. The lowest BCUT2D eigenvalue weighted by Crippen LogP contribution is -2.44. The molecule has 0 unspecified atom stereocenters. The fourth-order valence-corrected chi connectivity index (χ4v) is 4.46. The van der Waals surface area contributed by atoms with Crippen molar-refractivity contribution in [2.75, 3.05) is 33.4 Å². The summed E-state index contributed by atoms with van der Waals surface area (Å²) in [5, 5.41) is 23.5. The molecule has 8 nitrogen and oxygen atoms in total. The predicted octanol–water partition coefficient (Wildman–Crippen LogP) is 2.49. The number of aromatic nitrogens is 1. The van der Waals surface area contributed by atoms with Gasteiger partial charge < -0.3 is 24.7 Å². The van der Waals surface area contributed by atoms with Crippen LogP contribution in [-0.2, 0) is 11.3 Å². The molecule has 0 saturated carbocycles. The summed E-state index contributed by atoms with van der Waals surface area (Å²) >= 11 is 0. The summed E-state index contributed by atoms with van der Waals surface area (Å²) in [7, 11) is 1.55. The summed E-state index contributed by atoms with van der Waals surface area (Å²) in [6.07, 6.45) is 2.37. The van der Waals surface area contributed by atoms with Crippen LogP contribution in [0.3, 0.4) is 0 Å². The molecule has 156 valence electrons. The Morgan fingerprint density at radius 2 is 2.10 bits per heavy atom. The van der Waals surface area contributed by atoms with E-state index in [9.17, 15) is 15.0 Å². The van der Waals surface area contributed by atoms with Crippen molar-refractivity contribution in [2.45, 2.75) is 13.0 Å². The van der Waals surface area contributed by atoms with Crippen molar-refractivity contribution in [1.29, 1.82) is 0 Å². The van der Waals surface area contributed by atoms with Crippen LogP contribution >= 0.6 is 0 Å². The van der Waals surface area contributed by atoms with Crippen LogP contribution in [0.5, 0.6) is 11.5 Å². The zero-order valence-electron chi connectivity index (χ0n) is 16.6. The molecule has 5 rings (SSSR count). The SMILES string of the molecule is CNC(=O)c1c(-c2ccc(O)cn2)oc2ccc(O)c(CN3CCC4(COC4)C3)c12. The van der Waals surface area contributed by atoms with Gasteiger partial charge in [0.05, 0.1) is 25.0 Å². The van der Waals surface area contributed by atoms with E-state index >= 15 is 0 Å². The van der Waals surface area contributed by atoms with Gasteiger partial charge in [-0.1, -0.05) is 0 Å². The molecule has 0 radical (unpaired) electrons. The Bertz CT molecular complexity index is 1120. The van der Waals surface area contributed by atoms with Gasteiger partial charge in [-0.15, -0.1) is 0 Å². The maximum atomic E-state index is 12.8. The molecule has 2 fully saturated rings. The van der Waals surface area contributed by atoms with Gasteiger partial charge >= 0.3 is 0 Å². The Hall–Kier alpha value is -3.10. The number of nitrogens with one attached hydrogen (secondary N) is 1. The number of phenols is 1. The minimum absolute atomic E-state index is 0.0256. The van der Waals surface area contributed by atoms with E-state index in [4.69, 9.17) is 9.15 Å². The van der Waals surface area contributed by atoms with Crippen molar-refractivity contribution < 1.29 is 24.2 Å². The number of rotatable bonds is 4. The molecule has 2 saturated heterocycles. The Morgan fingerprint density at radius 1 is 1.27 bits per heavy atom. The maximum absolute atomic E-state index is 12.8. The van der Waals surface area contributed by atoms with E-state index in [0.717, 1.165) is 32.7 Å². The van der Waals surface area contributed by atoms with E-state index in [2.05, 4.69) is 15.2 Å². The van der Waals surface area contributed by atoms with Gasteiger partial charge in [0.1, 0.15) is 22.8 Å². The fraction of sp³-hybridized carbons (Fsp3) is 0.364. The molecule has 2 aliphatic heterocycles. The van der Waals surface area contributed by atoms with Crippen molar-refractivity contribution in [1.82, 2.24) is 15.2 Å². The number of nitrogens with zero attached hydrogens (tertiary/aromatic N) is 2. The first-order chi connectivity index (χ1) is 14.5. The summed E-state index contributed by atoms with van der Waals surface area (Å²) in [6.45, 7) is 3.90. The Labute approximate surface area is 173 Å². The zero-order valence-corrected chi connectivity index (χ0v) is 16.6. The van der Waals surface area contributed by atoms with Gasteiger partial charge in [0.15, 0.2) is 5.76 Å². The molecule has 0 atom stereocenters. The summed E-state index contributed by atoms with van der Waals surface area (Å²) in [5.74, 6) is 0.138. The van der Waals surface area contributed by atoms with Gasteiger partial charge in [0.25, 0.3) is 5.91 Å². The molecule has 8 heteroatoms. The molecule has 2 aliphatic rings. The van der Waals surface area contributed by atoms with Crippen LogP contribution < -0.4 is 5.32 Å². The summed E-state index contributed by atoms with van der Waals surface area (Å²) in [6, 6.07) is 6.35. The number of pyridine rings is 1. The Kier molecular flexibility index (Phi) is 4.41. The lowest BCUT2D eigenvalue weighted by Gasteiger charge is -2.37. The highest BCUT2D eigenvalue weighted by molar-refractivity contribution is 6.12. The number of hydrogen-bond donors (Lipinski definition) is 3. The van der Waals surface area contributed by atoms with Crippen LogP contribution in [0, 0.1) is 5.41 Å². The van der Waals surface area contributed by atoms with Crippen LogP contribution in [-0.4, -0.2) is 59.4 Å². The number of carbonyl (C=O) groups excluding carboxylic acids is 1. The first kappa shape index (κ1) is 18.9. The molecule has 1 aromatic carbocycles. The molecule has 30 heavy (non-hydrogen) atoms. The number of hydrogen-bond acceptors (Lipinski definition) is 7. The number of carbonyl (C=O) groups is 1. The predicted molar refractivity (Wildman–Crippen MR) is 109 cm³/mol. The third-order valence-corrected chi connectivity index (χ3v) is 6.09. The van der Waals surface area contributed by atoms with E-state index in [-0.39, 0.29) is 22.8 Å². The van der Waals surface area contributed by atoms with Gasteiger partial charge in [0.2, 0.25) is 0 Å². The van der Waals surface area contributed by atoms with E-state index in [0.29, 0.717) is 40.1 Å². The second-order valence-corrected chi connectivity index (χ2v) is 8.18. The second-order valence-electron chi connectivity index (χ2n) is 8.18. The van der Waals surface area contributed by atoms with Crippen molar-refractivity contribution >= 4 is 16.9 Å². The Balaban J connectivity index is 1.62. The quantitative estimate of drug-likeness (QED) is 0.608. The molecular weight excluding hydrogens is 386 g/mol. The maximum Gasteiger partial charge on any atom is 0.255 e. The number of ether oxygens (including phenoxy) is 1. The number of fused-ring (bicyclic) bond motifs is 1. The number of amides is 1. The van der Waals surface area contributed by atoms with Gasteiger partial charge in [-0.2, -0.15) is 0 Å². The molecule has 1 spiro atoms. The molecule has 3 aromatic rings. The minimum atomic E-state index is -0.323.